The minimum atomic E-state index is -0.182. The predicted molar refractivity (Wildman–Crippen MR) is 90.0 cm³/mol. The molecule has 0 spiro atoms. The van der Waals surface area contributed by atoms with E-state index in [1.54, 1.807) is 23.1 Å². The lowest BCUT2D eigenvalue weighted by molar-refractivity contribution is 0.102. The summed E-state index contributed by atoms with van der Waals surface area (Å²) < 4.78 is 1.79. The first-order chi connectivity index (χ1) is 11.1. The van der Waals surface area contributed by atoms with Crippen LogP contribution in [-0.4, -0.2) is 20.7 Å². The molecule has 116 valence electrons. The lowest BCUT2D eigenvalue weighted by Gasteiger charge is -2.09. The molecule has 3 rings (SSSR count). The summed E-state index contributed by atoms with van der Waals surface area (Å²) in [5.74, 6) is -0.182. The topological polar surface area (TPSA) is 59.8 Å². The highest BCUT2D eigenvalue weighted by Crippen LogP contribution is 2.19. The quantitative estimate of drug-likeness (QED) is 0.806. The van der Waals surface area contributed by atoms with Crippen LogP contribution in [0.1, 0.15) is 27.3 Å². The third-order valence-electron chi connectivity index (χ3n) is 3.85. The zero-order valence-electron chi connectivity index (χ0n) is 13.4. The highest BCUT2D eigenvalue weighted by molar-refractivity contribution is 6.05. The molecule has 5 nitrogen and oxygen atoms in total. The zero-order valence-corrected chi connectivity index (χ0v) is 13.4. The van der Waals surface area contributed by atoms with E-state index in [-0.39, 0.29) is 5.91 Å². The minimum Gasteiger partial charge on any atom is -0.320 e. The number of carbonyl (C=O) groups is 1. The highest BCUT2D eigenvalue weighted by atomic mass is 16.1. The van der Waals surface area contributed by atoms with Crippen LogP contribution in [0.4, 0.5) is 5.69 Å². The molecule has 0 fully saturated rings. The number of aryl methyl sites for hydroxylation is 2. The minimum absolute atomic E-state index is 0.182. The Hall–Kier alpha value is -2.95. The van der Waals surface area contributed by atoms with E-state index in [2.05, 4.69) is 15.4 Å². The Morgan fingerprint density at radius 3 is 2.61 bits per heavy atom. The number of aromatic nitrogens is 3. The first-order valence-corrected chi connectivity index (χ1v) is 7.41. The Labute approximate surface area is 135 Å². The number of benzene rings is 1. The fourth-order valence-electron chi connectivity index (χ4n) is 2.48. The monoisotopic (exact) mass is 306 g/mol. The largest absolute Gasteiger partial charge is 0.320 e. The van der Waals surface area contributed by atoms with E-state index < -0.39 is 0 Å². The van der Waals surface area contributed by atoms with Gasteiger partial charge in [0.15, 0.2) is 0 Å². The van der Waals surface area contributed by atoms with Gasteiger partial charge in [0.2, 0.25) is 0 Å². The van der Waals surface area contributed by atoms with Crippen molar-refractivity contribution >= 4 is 11.6 Å². The Bertz CT molecular complexity index is 867. The Morgan fingerprint density at radius 2 is 1.87 bits per heavy atom. The average molecular weight is 306 g/mol. The van der Waals surface area contributed by atoms with Gasteiger partial charge < -0.3 is 5.32 Å². The fraction of sp³-hybridized carbons (Fsp3) is 0.167. The number of nitrogens with zero attached hydrogens (tertiary/aromatic N) is 3. The van der Waals surface area contributed by atoms with Gasteiger partial charge in [-0.1, -0.05) is 18.2 Å². The molecule has 0 saturated carbocycles. The average Bonchev–Trinajstić information content (AvgIpc) is 2.92. The summed E-state index contributed by atoms with van der Waals surface area (Å²) in [7, 11) is 0. The summed E-state index contributed by atoms with van der Waals surface area (Å²) in [4.78, 5) is 16.7. The highest BCUT2D eigenvalue weighted by Gasteiger charge is 2.16. The summed E-state index contributed by atoms with van der Waals surface area (Å²) in [5, 5.41) is 7.26. The van der Waals surface area contributed by atoms with Gasteiger partial charge in [0.05, 0.1) is 34.5 Å². The van der Waals surface area contributed by atoms with Gasteiger partial charge in [-0.05, 0) is 44.5 Å². The third-order valence-corrected chi connectivity index (χ3v) is 3.85. The van der Waals surface area contributed by atoms with Crippen LogP contribution in [0.2, 0.25) is 0 Å². The Kier molecular flexibility index (Phi) is 3.93. The van der Waals surface area contributed by atoms with E-state index in [0.717, 1.165) is 22.6 Å². The summed E-state index contributed by atoms with van der Waals surface area (Å²) in [6.45, 7) is 5.78. The van der Waals surface area contributed by atoms with Crippen molar-refractivity contribution in [1.82, 2.24) is 14.8 Å². The fourth-order valence-corrected chi connectivity index (χ4v) is 2.48. The summed E-state index contributed by atoms with van der Waals surface area (Å²) >= 11 is 0. The number of pyridine rings is 1. The SMILES string of the molecule is Cc1ccccc1-n1ncc(C(=O)Nc2cccnc2C)c1C. The third kappa shape index (κ3) is 2.85. The molecule has 0 aliphatic rings. The summed E-state index contributed by atoms with van der Waals surface area (Å²) in [5.41, 5.74) is 4.93. The number of hydrogen-bond acceptors (Lipinski definition) is 3. The normalized spacial score (nSPS) is 10.6. The second kappa shape index (κ2) is 6.04. The van der Waals surface area contributed by atoms with E-state index in [1.165, 1.54) is 0 Å². The molecular weight excluding hydrogens is 288 g/mol. The second-order valence-electron chi connectivity index (χ2n) is 5.43. The van der Waals surface area contributed by atoms with Crippen molar-refractivity contribution in [3.05, 3.63) is 71.3 Å². The van der Waals surface area contributed by atoms with Crippen molar-refractivity contribution < 1.29 is 4.79 Å². The van der Waals surface area contributed by atoms with Crippen molar-refractivity contribution in [3.63, 3.8) is 0 Å². The van der Waals surface area contributed by atoms with Gasteiger partial charge >= 0.3 is 0 Å². The molecule has 5 heteroatoms. The van der Waals surface area contributed by atoms with Gasteiger partial charge in [-0.2, -0.15) is 5.10 Å². The van der Waals surface area contributed by atoms with Crippen molar-refractivity contribution in [1.29, 1.82) is 0 Å². The van der Waals surface area contributed by atoms with Crippen molar-refractivity contribution in [2.24, 2.45) is 0 Å². The molecule has 0 unspecified atom stereocenters. The van der Waals surface area contributed by atoms with Crippen LogP contribution in [0.15, 0.2) is 48.8 Å². The number of amides is 1. The molecule has 1 amide bonds. The lowest BCUT2D eigenvalue weighted by atomic mass is 10.2. The van der Waals surface area contributed by atoms with Crippen LogP contribution >= 0.6 is 0 Å². The van der Waals surface area contributed by atoms with Crippen LogP contribution in [-0.2, 0) is 0 Å². The molecule has 23 heavy (non-hydrogen) atoms. The van der Waals surface area contributed by atoms with Crippen molar-refractivity contribution in [2.75, 3.05) is 5.32 Å². The first-order valence-electron chi connectivity index (χ1n) is 7.41. The molecule has 0 saturated heterocycles. The van der Waals surface area contributed by atoms with Crippen molar-refractivity contribution in [2.45, 2.75) is 20.8 Å². The number of carbonyl (C=O) groups excluding carboxylic acids is 1. The van der Waals surface area contributed by atoms with E-state index in [0.29, 0.717) is 11.3 Å². The maximum atomic E-state index is 12.5. The van der Waals surface area contributed by atoms with E-state index in [4.69, 9.17) is 0 Å². The van der Waals surface area contributed by atoms with Crippen LogP contribution in [0.25, 0.3) is 5.69 Å². The second-order valence-corrected chi connectivity index (χ2v) is 5.43. The first kappa shape index (κ1) is 15.0. The predicted octanol–water partition coefficient (Wildman–Crippen LogP) is 3.44. The molecule has 0 aliphatic heterocycles. The number of anilines is 1. The molecule has 3 aromatic rings. The molecular formula is C18H18N4O. The summed E-state index contributed by atoms with van der Waals surface area (Å²) in [6, 6.07) is 11.6. The van der Waals surface area contributed by atoms with Crippen LogP contribution in [0.3, 0.4) is 0 Å². The zero-order chi connectivity index (χ0) is 16.4. The van der Waals surface area contributed by atoms with Gasteiger partial charge in [0.1, 0.15) is 0 Å². The summed E-state index contributed by atoms with van der Waals surface area (Å²) in [6.07, 6.45) is 3.30. The standard InChI is InChI=1S/C18H18N4O/c1-12-7-4-5-9-17(12)22-14(3)15(11-20-22)18(23)21-16-8-6-10-19-13(16)2/h4-11H,1-3H3,(H,21,23). The van der Waals surface area contributed by atoms with Gasteiger partial charge in [-0.3, -0.25) is 9.78 Å². The Balaban J connectivity index is 1.92. The lowest BCUT2D eigenvalue weighted by Crippen LogP contribution is -2.14. The van der Waals surface area contributed by atoms with Crippen LogP contribution < -0.4 is 5.32 Å². The number of nitrogens with one attached hydrogen (secondary N) is 1. The van der Waals surface area contributed by atoms with Crippen molar-refractivity contribution in [3.8, 4) is 5.69 Å². The van der Waals surface area contributed by atoms with E-state index >= 15 is 0 Å². The van der Waals surface area contributed by atoms with Gasteiger partial charge in [0.25, 0.3) is 5.91 Å². The Morgan fingerprint density at radius 1 is 1.09 bits per heavy atom. The molecule has 0 radical (unpaired) electrons. The number of para-hydroxylation sites is 1. The molecule has 0 bridgehead atoms. The van der Waals surface area contributed by atoms with E-state index in [9.17, 15) is 4.79 Å². The van der Waals surface area contributed by atoms with E-state index in [1.807, 2.05) is 51.1 Å². The van der Waals surface area contributed by atoms with Gasteiger partial charge in [-0.15, -0.1) is 0 Å². The van der Waals surface area contributed by atoms with Gasteiger partial charge in [0, 0.05) is 6.20 Å². The van der Waals surface area contributed by atoms with Crippen LogP contribution in [0.5, 0.6) is 0 Å². The number of rotatable bonds is 3. The molecule has 0 atom stereocenters. The molecule has 1 aromatic carbocycles. The molecule has 2 heterocycles. The van der Waals surface area contributed by atoms with Crippen LogP contribution in [0, 0.1) is 20.8 Å². The maximum Gasteiger partial charge on any atom is 0.259 e. The number of hydrogen-bond donors (Lipinski definition) is 1. The smallest absolute Gasteiger partial charge is 0.259 e. The van der Waals surface area contributed by atoms with Gasteiger partial charge in [-0.25, -0.2) is 4.68 Å². The molecule has 1 N–H and O–H groups in total. The maximum absolute atomic E-state index is 12.5. The molecule has 2 aromatic heterocycles. The molecule has 0 aliphatic carbocycles.